The summed E-state index contributed by atoms with van der Waals surface area (Å²) in [6.45, 7) is 1.56. The van der Waals surface area contributed by atoms with E-state index in [4.69, 9.17) is 5.11 Å². The van der Waals surface area contributed by atoms with Gasteiger partial charge >= 0.3 is 0 Å². The number of carbonyl (C=O) groups is 1. The molecular weight excluding hydrogens is 118 g/mol. The number of rotatable bonds is 2. The van der Waals surface area contributed by atoms with Gasteiger partial charge in [0.05, 0.1) is 6.61 Å². The van der Waals surface area contributed by atoms with Crippen molar-refractivity contribution in [2.24, 2.45) is 0 Å². The van der Waals surface area contributed by atoms with Gasteiger partial charge in [-0.05, 0) is 6.92 Å². The summed E-state index contributed by atoms with van der Waals surface area (Å²) in [5.41, 5.74) is 0.542. The van der Waals surface area contributed by atoms with Gasteiger partial charge in [-0.15, -0.1) is 0 Å². The Balaban J connectivity index is 3.86. The van der Waals surface area contributed by atoms with Gasteiger partial charge in [-0.3, -0.25) is 4.79 Å². The number of likely N-dealkylation sites (N-methyl/N-ethyl adjacent to an activating group) is 1. The van der Waals surface area contributed by atoms with Gasteiger partial charge in [-0.25, -0.2) is 0 Å². The molecule has 3 nitrogen and oxygen atoms in total. The van der Waals surface area contributed by atoms with Gasteiger partial charge in [-0.2, -0.15) is 0 Å². The summed E-state index contributed by atoms with van der Waals surface area (Å²) in [6, 6.07) is 0. The molecule has 9 heavy (non-hydrogen) atoms. The fourth-order valence-electron chi connectivity index (χ4n) is 0.427. The van der Waals surface area contributed by atoms with Gasteiger partial charge in [0.15, 0.2) is 0 Å². The van der Waals surface area contributed by atoms with Crippen molar-refractivity contribution in [1.82, 2.24) is 5.32 Å². The maximum absolute atomic E-state index is 10.6. The molecule has 0 aliphatic carbocycles. The van der Waals surface area contributed by atoms with Crippen molar-refractivity contribution in [1.29, 1.82) is 0 Å². The third kappa shape index (κ3) is 2.87. The molecule has 2 N–H and O–H groups in total. The van der Waals surface area contributed by atoms with Crippen molar-refractivity contribution < 1.29 is 9.90 Å². The molecule has 3 heteroatoms. The first-order chi connectivity index (χ1) is 4.22. The summed E-state index contributed by atoms with van der Waals surface area (Å²) in [5, 5.41) is 10.8. The van der Waals surface area contributed by atoms with E-state index >= 15 is 0 Å². The molecule has 0 rings (SSSR count). The first kappa shape index (κ1) is 8.17. The molecule has 0 heterocycles. The molecule has 1 amide bonds. The van der Waals surface area contributed by atoms with Crippen LogP contribution in [0.5, 0.6) is 0 Å². The van der Waals surface area contributed by atoms with Gasteiger partial charge < -0.3 is 10.4 Å². The highest BCUT2D eigenvalue weighted by Crippen LogP contribution is 1.88. The summed E-state index contributed by atoms with van der Waals surface area (Å²) in [6.07, 6.45) is 1.46. The SMILES string of the molecule is CNC(=O)/C(C)=C/CO. The second kappa shape index (κ2) is 4.09. The zero-order valence-electron chi connectivity index (χ0n) is 5.64. The predicted molar refractivity (Wildman–Crippen MR) is 34.9 cm³/mol. The molecule has 0 unspecified atom stereocenters. The van der Waals surface area contributed by atoms with Gasteiger partial charge in [0.2, 0.25) is 5.91 Å². The Morgan fingerprint density at radius 1 is 1.78 bits per heavy atom. The number of aliphatic hydroxyl groups excluding tert-OH is 1. The molecule has 0 fully saturated rings. The largest absolute Gasteiger partial charge is 0.392 e. The number of carbonyl (C=O) groups excluding carboxylic acids is 1. The Morgan fingerprint density at radius 2 is 2.33 bits per heavy atom. The molecule has 0 radical (unpaired) electrons. The summed E-state index contributed by atoms with van der Waals surface area (Å²) >= 11 is 0. The van der Waals surface area contributed by atoms with Crippen molar-refractivity contribution in [2.45, 2.75) is 6.92 Å². The van der Waals surface area contributed by atoms with Crippen molar-refractivity contribution in [2.75, 3.05) is 13.7 Å². The van der Waals surface area contributed by atoms with Crippen LogP contribution < -0.4 is 5.32 Å². The van der Waals surface area contributed by atoms with Crippen LogP contribution in [0.15, 0.2) is 11.6 Å². The molecular formula is C6H11NO2. The predicted octanol–water partition coefficient (Wildman–Crippen LogP) is -0.329. The first-order valence-corrected chi connectivity index (χ1v) is 2.72. The van der Waals surface area contributed by atoms with Crippen LogP contribution in [-0.2, 0) is 4.79 Å². The first-order valence-electron chi connectivity index (χ1n) is 2.72. The van der Waals surface area contributed by atoms with E-state index in [0.717, 1.165) is 0 Å². The van der Waals surface area contributed by atoms with E-state index in [-0.39, 0.29) is 12.5 Å². The molecule has 0 spiro atoms. The standard InChI is InChI=1S/C6H11NO2/c1-5(3-4-8)6(9)7-2/h3,8H,4H2,1-2H3,(H,7,9)/b5-3+. The van der Waals surface area contributed by atoms with Crippen LogP contribution in [0.2, 0.25) is 0 Å². The average Bonchev–Trinajstić information content (AvgIpc) is 1.87. The Kier molecular flexibility index (Phi) is 3.71. The molecule has 0 aromatic heterocycles. The highest BCUT2D eigenvalue weighted by Gasteiger charge is 1.96. The highest BCUT2D eigenvalue weighted by atomic mass is 16.2. The average molecular weight is 129 g/mol. The Morgan fingerprint density at radius 3 is 2.67 bits per heavy atom. The van der Waals surface area contributed by atoms with E-state index in [0.29, 0.717) is 5.57 Å². The van der Waals surface area contributed by atoms with Crippen molar-refractivity contribution >= 4 is 5.91 Å². The molecule has 0 atom stereocenters. The number of hydrogen-bond acceptors (Lipinski definition) is 2. The summed E-state index contributed by atoms with van der Waals surface area (Å²) in [7, 11) is 1.55. The molecule has 0 aliphatic rings. The third-order valence-corrected chi connectivity index (χ3v) is 0.983. The fourth-order valence-corrected chi connectivity index (χ4v) is 0.427. The lowest BCUT2D eigenvalue weighted by atomic mass is 10.3. The zero-order chi connectivity index (χ0) is 7.28. The maximum atomic E-state index is 10.6. The molecule has 0 bridgehead atoms. The third-order valence-electron chi connectivity index (χ3n) is 0.983. The minimum atomic E-state index is -0.149. The van der Waals surface area contributed by atoms with E-state index in [2.05, 4.69) is 5.32 Å². The summed E-state index contributed by atoms with van der Waals surface area (Å²) in [5.74, 6) is -0.149. The Hall–Kier alpha value is -0.830. The molecule has 0 aliphatic heterocycles. The number of amides is 1. The molecule has 0 saturated heterocycles. The lowest BCUT2D eigenvalue weighted by molar-refractivity contribution is -0.117. The monoisotopic (exact) mass is 129 g/mol. The van der Waals surface area contributed by atoms with Crippen LogP contribution in [0, 0.1) is 0 Å². The molecule has 52 valence electrons. The van der Waals surface area contributed by atoms with E-state index in [1.807, 2.05) is 0 Å². The van der Waals surface area contributed by atoms with E-state index < -0.39 is 0 Å². The summed E-state index contributed by atoms with van der Waals surface area (Å²) < 4.78 is 0. The minimum Gasteiger partial charge on any atom is -0.392 e. The Bertz CT molecular complexity index is 129. The van der Waals surface area contributed by atoms with Crippen LogP contribution in [0.3, 0.4) is 0 Å². The van der Waals surface area contributed by atoms with Gasteiger partial charge in [0, 0.05) is 12.6 Å². The highest BCUT2D eigenvalue weighted by molar-refractivity contribution is 5.92. The van der Waals surface area contributed by atoms with E-state index in [9.17, 15) is 4.79 Å². The number of nitrogens with one attached hydrogen (secondary N) is 1. The number of hydrogen-bond donors (Lipinski definition) is 2. The molecule has 0 aromatic carbocycles. The van der Waals surface area contributed by atoms with Crippen LogP contribution in [0.1, 0.15) is 6.92 Å². The van der Waals surface area contributed by atoms with Crippen LogP contribution in [-0.4, -0.2) is 24.7 Å². The van der Waals surface area contributed by atoms with E-state index in [1.54, 1.807) is 14.0 Å². The van der Waals surface area contributed by atoms with Gasteiger partial charge in [0.25, 0.3) is 0 Å². The fraction of sp³-hybridized carbons (Fsp3) is 0.500. The van der Waals surface area contributed by atoms with Crippen molar-refractivity contribution in [3.8, 4) is 0 Å². The normalized spacial score (nSPS) is 11.2. The summed E-state index contributed by atoms with van der Waals surface area (Å²) in [4.78, 5) is 10.6. The topological polar surface area (TPSA) is 49.3 Å². The lowest BCUT2D eigenvalue weighted by Crippen LogP contribution is -2.18. The minimum absolute atomic E-state index is 0.0841. The molecule has 0 aromatic rings. The van der Waals surface area contributed by atoms with Gasteiger partial charge in [-0.1, -0.05) is 6.08 Å². The smallest absolute Gasteiger partial charge is 0.246 e. The molecule has 0 saturated carbocycles. The maximum Gasteiger partial charge on any atom is 0.246 e. The van der Waals surface area contributed by atoms with Gasteiger partial charge in [0.1, 0.15) is 0 Å². The second-order valence-corrected chi connectivity index (χ2v) is 1.65. The van der Waals surface area contributed by atoms with E-state index in [1.165, 1.54) is 6.08 Å². The van der Waals surface area contributed by atoms with Crippen LogP contribution in [0.25, 0.3) is 0 Å². The lowest BCUT2D eigenvalue weighted by Gasteiger charge is -1.95. The van der Waals surface area contributed by atoms with Crippen molar-refractivity contribution in [3.05, 3.63) is 11.6 Å². The van der Waals surface area contributed by atoms with Crippen molar-refractivity contribution in [3.63, 3.8) is 0 Å². The second-order valence-electron chi connectivity index (χ2n) is 1.65. The zero-order valence-corrected chi connectivity index (χ0v) is 5.64. The Labute approximate surface area is 54.4 Å². The van der Waals surface area contributed by atoms with Crippen LogP contribution >= 0.6 is 0 Å². The quantitative estimate of drug-likeness (QED) is 0.501. The number of aliphatic hydroxyl groups is 1. The van der Waals surface area contributed by atoms with Crippen LogP contribution in [0.4, 0.5) is 0 Å².